The van der Waals surface area contributed by atoms with E-state index in [2.05, 4.69) is 22.6 Å². The summed E-state index contributed by atoms with van der Waals surface area (Å²) in [5.74, 6) is 0.409. The zero-order valence-corrected chi connectivity index (χ0v) is 12.0. The Morgan fingerprint density at radius 2 is 1.94 bits per heavy atom. The van der Waals surface area contributed by atoms with E-state index in [1.54, 1.807) is 25.1 Å². The van der Waals surface area contributed by atoms with E-state index in [1.807, 2.05) is 18.2 Å². The highest BCUT2D eigenvalue weighted by Crippen LogP contribution is 2.31. The first kappa shape index (κ1) is 13.3. The molecule has 0 aliphatic carbocycles. The minimum Gasteiger partial charge on any atom is -0.454 e. The average molecular weight is 357 g/mol. The molecular weight excluding hydrogens is 344 g/mol. The lowest BCUT2D eigenvalue weighted by atomic mass is 10.1. The zero-order chi connectivity index (χ0) is 13.1. The maximum atomic E-state index is 13.8. The summed E-state index contributed by atoms with van der Waals surface area (Å²) in [6.07, 6.45) is 0. The molecule has 0 aliphatic rings. The Bertz CT molecular complexity index is 557. The number of hydrogen-bond acceptors (Lipinski definition) is 2. The molecule has 18 heavy (non-hydrogen) atoms. The molecule has 4 heteroatoms. The third kappa shape index (κ3) is 3.00. The molecule has 2 aromatic rings. The Morgan fingerprint density at radius 3 is 2.61 bits per heavy atom. The van der Waals surface area contributed by atoms with Crippen molar-refractivity contribution in [2.45, 2.75) is 13.0 Å². The Morgan fingerprint density at radius 1 is 1.22 bits per heavy atom. The fourth-order valence-corrected chi connectivity index (χ4v) is 2.15. The maximum Gasteiger partial charge on any atom is 0.167 e. The van der Waals surface area contributed by atoms with Gasteiger partial charge in [-0.1, -0.05) is 18.2 Å². The highest BCUT2D eigenvalue weighted by atomic mass is 127. The number of ether oxygens (including phenoxy) is 1. The minimum atomic E-state index is -0.399. The van der Waals surface area contributed by atoms with Crippen molar-refractivity contribution in [3.8, 4) is 11.5 Å². The summed E-state index contributed by atoms with van der Waals surface area (Å²) in [5.41, 5.74) is 6.48. The topological polar surface area (TPSA) is 35.2 Å². The van der Waals surface area contributed by atoms with Gasteiger partial charge in [-0.05, 0) is 53.8 Å². The van der Waals surface area contributed by atoms with E-state index in [4.69, 9.17) is 10.5 Å². The molecule has 0 aromatic heterocycles. The van der Waals surface area contributed by atoms with Crippen LogP contribution in [0.2, 0.25) is 0 Å². The Labute approximate surface area is 119 Å². The van der Waals surface area contributed by atoms with Crippen LogP contribution in [-0.4, -0.2) is 0 Å². The molecule has 2 aromatic carbocycles. The van der Waals surface area contributed by atoms with Crippen LogP contribution in [0, 0.1) is 9.39 Å². The van der Waals surface area contributed by atoms with Crippen molar-refractivity contribution in [2.75, 3.05) is 0 Å². The second kappa shape index (κ2) is 5.67. The Balaban J connectivity index is 2.39. The number of hydrogen-bond donors (Lipinski definition) is 1. The van der Waals surface area contributed by atoms with Gasteiger partial charge in [0.05, 0.1) is 0 Å². The molecule has 2 N–H and O–H groups in total. The SMILES string of the molecule is C[C@@H](N)c1cccc(F)c1Oc1cccc(I)c1. The first-order valence-electron chi connectivity index (χ1n) is 5.55. The average Bonchev–Trinajstić information content (AvgIpc) is 2.31. The molecule has 0 saturated carbocycles. The standard InChI is InChI=1S/C14H13FINO/c1-9(17)12-6-3-7-13(15)14(12)18-11-5-2-4-10(16)8-11/h2-9H,17H2,1H3/t9-/m1/s1. The van der Waals surface area contributed by atoms with Crippen LogP contribution in [-0.2, 0) is 0 Å². The van der Waals surface area contributed by atoms with E-state index in [1.165, 1.54) is 6.07 Å². The first-order valence-corrected chi connectivity index (χ1v) is 6.63. The fourth-order valence-electron chi connectivity index (χ4n) is 1.64. The van der Waals surface area contributed by atoms with Crippen LogP contribution in [0.5, 0.6) is 11.5 Å². The fraction of sp³-hybridized carbons (Fsp3) is 0.143. The number of rotatable bonds is 3. The number of nitrogens with two attached hydrogens (primary N) is 1. The molecule has 94 valence electrons. The van der Waals surface area contributed by atoms with Crippen molar-refractivity contribution in [3.63, 3.8) is 0 Å². The van der Waals surface area contributed by atoms with Gasteiger partial charge in [-0.3, -0.25) is 0 Å². The van der Waals surface area contributed by atoms with Gasteiger partial charge in [-0.15, -0.1) is 0 Å². The van der Waals surface area contributed by atoms with Crippen molar-refractivity contribution in [2.24, 2.45) is 5.73 Å². The summed E-state index contributed by atoms with van der Waals surface area (Å²) in [6, 6.07) is 11.9. The lowest BCUT2D eigenvalue weighted by Gasteiger charge is -2.14. The van der Waals surface area contributed by atoms with E-state index in [0.717, 1.165) is 3.57 Å². The van der Waals surface area contributed by atoms with Gasteiger partial charge in [0.15, 0.2) is 11.6 Å². The van der Waals surface area contributed by atoms with Crippen molar-refractivity contribution < 1.29 is 9.13 Å². The van der Waals surface area contributed by atoms with E-state index in [-0.39, 0.29) is 11.8 Å². The van der Waals surface area contributed by atoms with Gasteiger partial charge in [-0.2, -0.15) is 0 Å². The van der Waals surface area contributed by atoms with Gasteiger partial charge in [0, 0.05) is 15.2 Å². The first-order chi connectivity index (χ1) is 8.58. The Hall–Kier alpha value is -1.14. The second-order valence-electron chi connectivity index (χ2n) is 4.01. The smallest absolute Gasteiger partial charge is 0.167 e. The minimum absolute atomic E-state index is 0.203. The summed E-state index contributed by atoms with van der Waals surface area (Å²) in [6.45, 7) is 1.80. The van der Waals surface area contributed by atoms with Crippen LogP contribution < -0.4 is 10.5 Å². The Kier molecular flexibility index (Phi) is 4.19. The molecule has 0 spiro atoms. The highest BCUT2D eigenvalue weighted by molar-refractivity contribution is 14.1. The quantitative estimate of drug-likeness (QED) is 0.834. The molecule has 0 bridgehead atoms. The van der Waals surface area contributed by atoms with Crippen LogP contribution in [0.15, 0.2) is 42.5 Å². The van der Waals surface area contributed by atoms with E-state index in [9.17, 15) is 4.39 Å². The third-order valence-electron chi connectivity index (χ3n) is 2.50. The molecule has 0 fully saturated rings. The summed E-state index contributed by atoms with van der Waals surface area (Å²) in [4.78, 5) is 0. The summed E-state index contributed by atoms with van der Waals surface area (Å²) >= 11 is 2.18. The van der Waals surface area contributed by atoms with Crippen molar-refractivity contribution in [1.82, 2.24) is 0 Å². The van der Waals surface area contributed by atoms with Crippen LogP contribution in [0.1, 0.15) is 18.5 Å². The maximum absolute atomic E-state index is 13.8. The van der Waals surface area contributed by atoms with Gasteiger partial charge in [-0.25, -0.2) is 4.39 Å². The zero-order valence-electron chi connectivity index (χ0n) is 9.86. The predicted molar refractivity (Wildman–Crippen MR) is 78.2 cm³/mol. The molecule has 0 amide bonds. The van der Waals surface area contributed by atoms with E-state index in [0.29, 0.717) is 11.3 Å². The molecule has 1 atom stereocenters. The predicted octanol–water partition coefficient (Wildman–Crippen LogP) is 4.24. The molecule has 0 heterocycles. The normalized spacial score (nSPS) is 12.2. The van der Waals surface area contributed by atoms with Crippen molar-refractivity contribution in [3.05, 3.63) is 57.4 Å². The number of halogens is 2. The van der Waals surface area contributed by atoms with Gasteiger partial charge < -0.3 is 10.5 Å². The van der Waals surface area contributed by atoms with Gasteiger partial charge >= 0.3 is 0 Å². The van der Waals surface area contributed by atoms with Crippen molar-refractivity contribution in [1.29, 1.82) is 0 Å². The lowest BCUT2D eigenvalue weighted by molar-refractivity contribution is 0.432. The van der Waals surface area contributed by atoms with E-state index >= 15 is 0 Å². The van der Waals surface area contributed by atoms with Crippen LogP contribution in [0.25, 0.3) is 0 Å². The number of para-hydroxylation sites is 1. The molecule has 2 nitrogen and oxygen atoms in total. The van der Waals surface area contributed by atoms with Crippen LogP contribution in [0.4, 0.5) is 4.39 Å². The van der Waals surface area contributed by atoms with Gasteiger partial charge in [0.2, 0.25) is 0 Å². The third-order valence-corrected chi connectivity index (χ3v) is 3.17. The molecule has 0 unspecified atom stereocenters. The molecule has 2 rings (SSSR count). The summed E-state index contributed by atoms with van der Waals surface area (Å²) in [7, 11) is 0. The molecular formula is C14H13FINO. The van der Waals surface area contributed by atoms with Crippen LogP contribution >= 0.6 is 22.6 Å². The lowest BCUT2D eigenvalue weighted by Crippen LogP contribution is -2.07. The van der Waals surface area contributed by atoms with Gasteiger partial charge in [0.25, 0.3) is 0 Å². The largest absolute Gasteiger partial charge is 0.454 e. The second-order valence-corrected chi connectivity index (χ2v) is 5.25. The van der Waals surface area contributed by atoms with Gasteiger partial charge in [0.1, 0.15) is 5.75 Å². The van der Waals surface area contributed by atoms with Crippen LogP contribution in [0.3, 0.4) is 0 Å². The van der Waals surface area contributed by atoms with E-state index < -0.39 is 5.82 Å². The molecule has 0 saturated heterocycles. The summed E-state index contributed by atoms with van der Waals surface area (Å²) in [5, 5.41) is 0. The monoisotopic (exact) mass is 357 g/mol. The molecule has 0 radical (unpaired) electrons. The molecule has 0 aliphatic heterocycles. The number of benzene rings is 2. The van der Waals surface area contributed by atoms with Crippen molar-refractivity contribution >= 4 is 22.6 Å². The highest BCUT2D eigenvalue weighted by Gasteiger charge is 2.13. The summed E-state index contributed by atoms with van der Waals surface area (Å²) < 4.78 is 20.5.